The van der Waals surface area contributed by atoms with Gasteiger partial charge in [-0.1, -0.05) is 19.1 Å². The first-order valence-corrected chi connectivity index (χ1v) is 10.4. The fraction of sp³-hybridized carbons (Fsp3) is 0.471. The van der Waals surface area contributed by atoms with Gasteiger partial charge in [0.25, 0.3) is 0 Å². The zero-order valence-corrected chi connectivity index (χ0v) is 19.5. The van der Waals surface area contributed by atoms with Crippen LogP contribution in [0.4, 0.5) is 0 Å². The summed E-state index contributed by atoms with van der Waals surface area (Å²) in [4.78, 5) is 4.79. The van der Waals surface area contributed by atoms with Gasteiger partial charge >= 0.3 is 0 Å². The summed E-state index contributed by atoms with van der Waals surface area (Å²) < 4.78 is 27.8. The lowest BCUT2D eigenvalue weighted by Crippen LogP contribution is -2.38. The lowest BCUT2D eigenvalue weighted by atomic mass is 10.2. The van der Waals surface area contributed by atoms with Crippen LogP contribution in [-0.2, 0) is 29.5 Å². The Balaban J connectivity index is 0.00000392. The second kappa shape index (κ2) is 12.0. The number of hydrogen-bond acceptors (Lipinski definition) is 5. The third-order valence-electron chi connectivity index (χ3n) is 3.92. The summed E-state index contributed by atoms with van der Waals surface area (Å²) >= 11 is 0. The third-order valence-corrected chi connectivity index (χ3v) is 5.35. The maximum absolute atomic E-state index is 11.8. The summed E-state index contributed by atoms with van der Waals surface area (Å²) in [7, 11) is -2.02. The molecule has 28 heavy (non-hydrogen) atoms. The number of sulfonamides is 1. The summed E-state index contributed by atoms with van der Waals surface area (Å²) in [5, 5.41) is 14.5. The molecule has 0 spiro atoms. The van der Waals surface area contributed by atoms with Gasteiger partial charge in [0.05, 0.1) is 11.4 Å². The van der Waals surface area contributed by atoms with Crippen molar-refractivity contribution in [2.24, 2.45) is 4.99 Å². The molecular weight excluding hydrogens is 493 g/mol. The molecule has 0 fully saturated rings. The summed E-state index contributed by atoms with van der Waals surface area (Å²) in [6.07, 6.45) is 2.57. The molecule has 0 atom stereocenters. The van der Waals surface area contributed by atoms with Crippen LogP contribution in [0.15, 0.2) is 40.5 Å². The Morgan fingerprint density at radius 1 is 1.18 bits per heavy atom. The van der Waals surface area contributed by atoms with Crippen molar-refractivity contribution in [2.45, 2.75) is 38.3 Å². The average Bonchev–Trinajstić information content (AvgIpc) is 3.14. The van der Waals surface area contributed by atoms with E-state index in [-0.39, 0.29) is 28.9 Å². The largest absolute Gasteiger partial charge is 0.357 e. The highest BCUT2D eigenvalue weighted by Gasteiger charge is 2.10. The van der Waals surface area contributed by atoms with Crippen LogP contribution < -0.4 is 15.4 Å². The van der Waals surface area contributed by atoms with Crippen LogP contribution >= 0.6 is 24.0 Å². The van der Waals surface area contributed by atoms with Crippen LogP contribution in [-0.4, -0.2) is 49.3 Å². The van der Waals surface area contributed by atoms with Crippen molar-refractivity contribution in [3.63, 3.8) is 0 Å². The van der Waals surface area contributed by atoms with Gasteiger partial charge in [0, 0.05) is 26.1 Å². The Kier molecular flexibility index (Phi) is 10.4. The standard InChI is InChI=1S/C17H27N7O2S.HI/c1-4-16-23-22-13-24(16)11-10-20-17(19-5-2)21-12-14-6-8-15(9-7-14)27(25,26)18-3;/h6-9,13,18H,4-5,10-12H2,1-3H3,(H2,19,20,21);1H. The molecule has 9 nitrogen and oxygen atoms in total. The van der Waals surface area contributed by atoms with Gasteiger partial charge in [-0.2, -0.15) is 0 Å². The summed E-state index contributed by atoms with van der Waals surface area (Å²) in [6, 6.07) is 6.69. The van der Waals surface area contributed by atoms with Crippen molar-refractivity contribution < 1.29 is 8.42 Å². The van der Waals surface area contributed by atoms with Crippen molar-refractivity contribution >= 4 is 40.0 Å². The molecule has 0 aliphatic rings. The zero-order chi connectivity index (χ0) is 19.7. The molecule has 0 bridgehead atoms. The summed E-state index contributed by atoms with van der Waals surface area (Å²) in [5.41, 5.74) is 0.925. The lowest BCUT2D eigenvalue weighted by Gasteiger charge is -2.12. The fourth-order valence-electron chi connectivity index (χ4n) is 2.44. The fourth-order valence-corrected chi connectivity index (χ4v) is 3.17. The van der Waals surface area contributed by atoms with Gasteiger partial charge in [-0.25, -0.2) is 18.1 Å². The highest BCUT2D eigenvalue weighted by atomic mass is 127. The molecule has 156 valence electrons. The van der Waals surface area contributed by atoms with Crippen molar-refractivity contribution in [3.05, 3.63) is 42.0 Å². The van der Waals surface area contributed by atoms with Crippen LogP contribution in [0.25, 0.3) is 0 Å². The molecule has 2 rings (SSSR count). The Morgan fingerprint density at radius 2 is 1.89 bits per heavy atom. The van der Waals surface area contributed by atoms with Crippen molar-refractivity contribution in [2.75, 3.05) is 20.1 Å². The molecule has 3 N–H and O–H groups in total. The van der Waals surface area contributed by atoms with Crippen molar-refractivity contribution in [1.82, 2.24) is 30.1 Å². The van der Waals surface area contributed by atoms with Crippen LogP contribution in [0.5, 0.6) is 0 Å². The van der Waals surface area contributed by atoms with Crippen LogP contribution in [0.3, 0.4) is 0 Å². The number of aryl methyl sites for hydroxylation is 1. The van der Waals surface area contributed by atoms with Crippen LogP contribution in [0.1, 0.15) is 25.2 Å². The maximum Gasteiger partial charge on any atom is 0.240 e. The van der Waals surface area contributed by atoms with Crippen LogP contribution in [0.2, 0.25) is 0 Å². The Morgan fingerprint density at radius 3 is 2.50 bits per heavy atom. The SMILES string of the molecule is CCNC(=NCc1ccc(S(=O)(=O)NC)cc1)NCCn1cnnc1CC.I. The molecule has 0 aliphatic carbocycles. The number of aromatic nitrogens is 3. The topological polar surface area (TPSA) is 113 Å². The van der Waals surface area contributed by atoms with E-state index in [9.17, 15) is 8.42 Å². The second-order valence-electron chi connectivity index (χ2n) is 5.77. The van der Waals surface area contributed by atoms with E-state index in [4.69, 9.17) is 0 Å². The number of nitrogens with zero attached hydrogens (tertiary/aromatic N) is 4. The number of aliphatic imine (C=N–C) groups is 1. The van der Waals surface area contributed by atoms with E-state index in [2.05, 4.69) is 30.5 Å². The van der Waals surface area contributed by atoms with Gasteiger partial charge < -0.3 is 15.2 Å². The Labute approximate surface area is 183 Å². The summed E-state index contributed by atoms with van der Waals surface area (Å²) in [5.74, 6) is 1.66. The molecule has 0 amide bonds. The van der Waals surface area contributed by atoms with Gasteiger partial charge in [0.15, 0.2) is 5.96 Å². The number of nitrogens with one attached hydrogen (secondary N) is 3. The predicted octanol–water partition coefficient (Wildman–Crippen LogP) is 1.12. The van der Waals surface area contributed by atoms with Gasteiger partial charge in [0.2, 0.25) is 10.0 Å². The quantitative estimate of drug-likeness (QED) is 0.259. The number of guanidine groups is 1. The van der Waals surface area contributed by atoms with E-state index in [1.165, 1.54) is 7.05 Å². The lowest BCUT2D eigenvalue weighted by molar-refractivity contribution is 0.588. The zero-order valence-electron chi connectivity index (χ0n) is 16.3. The molecule has 1 aromatic carbocycles. The Bertz CT molecular complexity index is 851. The molecule has 0 radical (unpaired) electrons. The highest BCUT2D eigenvalue weighted by molar-refractivity contribution is 14.0. The van der Waals surface area contributed by atoms with Crippen molar-refractivity contribution in [1.29, 1.82) is 0 Å². The average molecular weight is 521 g/mol. The van der Waals surface area contributed by atoms with Crippen molar-refractivity contribution in [3.8, 4) is 0 Å². The van der Waals surface area contributed by atoms with E-state index in [1.54, 1.807) is 30.6 Å². The highest BCUT2D eigenvalue weighted by Crippen LogP contribution is 2.10. The minimum absolute atomic E-state index is 0. The number of halogens is 1. The smallest absolute Gasteiger partial charge is 0.240 e. The second-order valence-corrected chi connectivity index (χ2v) is 7.65. The van der Waals surface area contributed by atoms with Crippen LogP contribution in [0, 0.1) is 0 Å². The molecule has 0 unspecified atom stereocenters. The molecule has 2 aromatic rings. The first kappa shape index (κ1) is 24.3. The van der Waals surface area contributed by atoms with Gasteiger partial charge in [0.1, 0.15) is 12.2 Å². The minimum Gasteiger partial charge on any atom is -0.357 e. The summed E-state index contributed by atoms with van der Waals surface area (Å²) in [6.45, 7) is 6.68. The van der Waals surface area contributed by atoms with Gasteiger partial charge in [-0.15, -0.1) is 34.2 Å². The first-order chi connectivity index (χ1) is 13.0. The Hall–Kier alpha value is -1.73. The molecule has 11 heteroatoms. The normalized spacial score (nSPS) is 11.8. The molecule has 1 aromatic heterocycles. The first-order valence-electron chi connectivity index (χ1n) is 8.91. The molecular formula is C17H28IN7O2S. The maximum atomic E-state index is 11.8. The monoisotopic (exact) mass is 521 g/mol. The molecule has 0 saturated heterocycles. The predicted molar refractivity (Wildman–Crippen MR) is 120 cm³/mol. The van der Waals surface area contributed by atoms with E-state index in [1.807, 2.05) is 18.4 Å². The van der Waals surface area contributed by atoms with E-state index in [0.717, 1.165) is 30.9 Å². The number of hydrogen-bond donors (Lipinski definition) is 3. The number of benzene rings is 1. The van der Waals surface area contributed by atoms with E-state index >= 15 is 0 Å². The molecule has 1 heterocycles. The van der Waals surface area contributed by atoms with Gasteiger partial charge in [-0.05, 0) is 31.7 Å². The molecule has 0 aliphatic heterocycles. The van der Waals surface area contributed by atoms with Gasteiger partial charge in [-0.3, -0.25) is 0 Å². The third kappa shape index (κ3) is 7.02. The molecule has 0 saturated carbocycles. The van der Waals surface area contributed by atoms with E-state index in [0.29, 0.717) is 19.0 Å². The number of rotatable bonds is 9. The van der Waals surface area contributed by atoms with E-state index < -0.39 is 10.0 Å². The minimum atomic E-state index is -3.42.